The lowest BCUT2D eigenvalue weighted by atomic mass is 9.94. The van der Waals surface area contributed by atoms with E-state index < -0.39 is 5.54 Å². The van der Waals surface area contributed by atoms with Crippen LogP contribution in [-0.4, -0.2) is 36.0 Å². The first-order valence-corrected chi connectivity index (χ1v) is 10.7. The van der Waals surface area contributed by atoms with E-state index in [9.17, 15) is 9.59 Å². The second kappa shape index (κ2) is 7.88. The van der Waals surface area contributed by atoms with E-state index in [1.807, 2.05) is 12.1 Å². The second-order valence-corrected chi connectivity index (χ2v) is 8.89. The van der Waals surface area contributed by atoms with E-state index in [0.717, 1.165) is 44.3 Å². The smallest absolute Gasteiger partial charge is 0.337 e. The highest BCUT2D eigenvalue weighted by Gasteiger charge is 2.51. The van der Waals surface area contributed by atoms with E-state index in [2.05, 4.69) is 48.3 Å². The van der Waals surface area contributed by atoms with Crippen LogP contribution in [0.3, 0.4) is 0 Å². The van der Waals surface area contributed by atoms with Crippen molar-refractivity contribution in [1.82, 2.24) is 10.2 Å². The molecule has 0 bridgehead atoms. The third kappa shape index (κ3) is 3.86. The molecular formula is C25H30N2O3. The number of esters is 1. The molecule has 5 nitrogen and oxygen atoms in total. The number of benzene rings is 2. The van der Waals surface area contributed by atoms with Gasteiger partial charge in [-0.3, -0.25) is 9.69 Å². The van der Waals surface area contributed by atoms with Crippen LogP contribution in [0.2, 0.25) is 0 Å². The Morgan fingerprint density at radius 1 is 1.03 bits per heavy atom. The predicted octanol–water partition coefficient (Wildman–Crippen LogP) is 3.94. The number of ether oxygens (including phenoxy) is 1. The van der Waals surface area contributed by atoms with Crippen LogP contribution in [-0.2, 0) is 21.6 Å². The van der Waals surface area contributed by atoms with Gasteiger partial charge in [0.2, 0.25) is 5.91 Å². The Bertz CT molecular complexity index is 932. The van der Waals surface area contributed by atoms with Gasteiger partial charge in [0.25, 0.3) is 0 Å². The van der Waals surface area contributed by atoms with Gasteiger partial charge in [0.05, 0.1) is 23.8 Å². The Morgan fingerprint density at radius 3 is 2.30 bits per heavy atom. The molecule has 1 atom stereocenters. The molecule has 158 valence electrons. The number of carbonyl (C=O) groups excluding carboxylic acids is 2. The van der Waals surface area contributed by atoms with Crippen molar-refractivity contribution in [2.75, 3.05) is 13.7 Å². The highest BCUT2D eigenvalue weighted by molar-refractivity contribution is 5.89. The lowest BCUT2D eigenvalue weighted by Crippen LogP contribution is -2.55. The number of hydrogen-bond acceptors (Lipinski definition) is 4. The van der Waals surface area contributed by atoms with Crippen molar-refractivity contribution in [2.24, 2.45) is 0 Å². The molecule has 1 amide bonds. The topological polar surface area (TPSA) is 58.6 Å². The Kier molecular flexibility index (Phi) is 5.41. The molecular weight excluding hydrogens is 376 g/mol. The normalized spacial score (nSPS) is 22.5. The van der Waals surface area contributed by atoms with Crippen LogP contribution in [0.5, 0.6) is 0 Å². The molecule has 0 unspecified atom stereocenters. The largest absolute Gasteiger partial charge is 0.465 e. The van der Waals surface area contributed by atoms with Gasteiger partial charge >= 0.3 is 5.97 Å². The van der Waals surface area contributed by atoms with Gasteiger partial charge in [0.15, 0.2) is 0 Å². The third-order valence-corrected chi connectivity index (χ3v) is 6.73. The number of methoxy groups -OCH3 is 1. The van der Waals surface area contributed by atoms with Gasteiger partial charge < -0.3 is 10.1 Å². The Labute approximate surface area is 178 Å². The van der Waals surface area contributed by atoms with E-state index >= 15 is 0 Å². The van der Waals surface area contributed by atoms with Crippen molar-refractivity contribution >= 4 is 11.9 Å². The van der Waals surface area contributed by atoms with E-state index in [4.69, 9.17) is 4.74 Å². The van der Waals surface area contributed by atoms with Gasteiger partial charge in [-0.05, 0) is 69.3 Å². The summed E-state index contributed by atoms with van der Waals surface area (Å²) in [6.45, 7) is 5.87. The minimum atomic E-state index is -0.508. The van der Waals surface area contributed by atoms with Gasteiger partial charge in [-0.25, -0.2) is 4.79 Å². The van der Waals surface area contributed by atoms with Crippen LogP contribution in [0.1, 0.15) is 59.7 Å². The molecule has 0 spiro atoms. The second-order valence-electron chi connectivity index (χ2n) is 8.89. The summed E-state index contributed by atoms with van der Waals surface area (Å²) in [5, 5.41) is 3.36. The molecule has 2 fully saturated rings. The molecule has 5 heteroatoms. The number of nitrogens with one attached hydrogen (secondary N) is 1. The highest BCUT2D eigenvalue weighted by Crippen LogP contribution is 2.46. The molecule has 4 rings (SSSR count). The SMILES string of the molecule is COC(=O)c1ccc(C2(NC(=O)[C@@]3(C)CCCN3Cc3ccc(C)cc3)CC2)cc1. The lowest BCUT2D eigenvalue weighted by molar-refractivity contribution is -0.132. The third-order valence-electron chi connectivity index (χ3n) is 6.73. The first-order valence-electron chi connectivity index (χ1n) is 10.7. The zero-order valence-corrected chi connectivity index (χ0v) is 18.0. The van der Waals surface area contributed by atoms with Crippen LogP contribution in [0.25, 0.3) is 0 Å². The van der Waals surface area contributed by atoms with Crippen LogP contribution >= 0.6 is 0 Å². The van der Waals surface area contributed by atoms with Crippen molar-refractivity contribution in [2.45, 2.75) is 57.2 Å². The van der Waals surface area contributed by atoms with Gasteiger partial charge in [-0.1, -0.05) is 42.0 Å². The van der Waals surface area contributed by atoms with Crippen LogP contribution in [0.15, 0.2) is 48.5 Å². The fraction of sp³-hybridized carbons (Fsp3) is 0.440. The summed E-state index contributed by atoms with van der Waals surface area (Å²) in [5.41, 5.74) is 3.24. The van der Waals surface area contributed by atoms with Crippen molar-refractivity contribution in [3.05, 3.63) is 70.8 Å². The van der Waals surface area contributed by atoms with Gasteiger partial charge in [-0.15, -0.1) is 0 Å². The predicted molar refractivity (Wildman–Crippen MR) is 116 cm³/mol. The fourth-order valence-corrected chi connectivity index (χ4v) is 4.45. The Morgan fingerprint density at radius 2 is 1.70 bits per heavy atom. The summed E-state index contributed by atoms with van der Waals surface area (Å²) in [4.78, 5) is 27.4. The van der Waals surface area contributed by atoms with Crippen LogP contribution in [0.4, 0.5) is 0 Å². The molecule has 1 aliphatic carbocycles. The summed E-state index contributed by atoms with van der Waals surface area (Å²) in [6, 6.07) is 16.0. The average molecular weight is 407 g/mol. The zero-order valence-electron chi connectivity index (χ0n) is 18.0. The maximum Gasteiger partial charge on any atom is 0.337 e. The van der Waals surface area contributed by atoms with Crippen LogP contribution < -0.4 is 5.32 Å². The molecule has 1 aliphatic heterocycles. The van der Waals surface area contributed by atoms with Crippen molar-refractivity contribution < 1.29 is 14.3 Å². The number of aryl methyl sites for hydroxylation is 1. The molecule has 1 heterocycles. The lowest BCUT2D eigenvalue weighted by Gasteiger charge is -2.35. The maximum atomic E-state index is 13.4. The first-order chi connectivity index (χ1) is 14.4. The minimum Gasteiger partial charge on any atom is -0.465 e. The molecule has 30 heavy (non-hydrogen) atoms. The summed E-state index contributed by atoms with van der Waals surface area (Å²) in [5.74, 6) is -0.248. The highest BCUT2D eigenvalue weighted by atomic mass is 16.5. The van der Waals surface area contributed by atoms with Crippen molar-refractivity contribution in [3.63, 3.8) is 0 Å². The summed E-state index contributed by atoms with van der Waals surface area (Å²) >= 11 is 0. The number of rotatable bonds is 6. The van der Waals surface area contributed by atoms with E-state index in [-0.39, 0.29) is 17.4 Å². The molecule has 1 saturated carbocycles. The van der Waals surface area contributed by atoms with Crippen LogP contribution in [0, 0.1) is 6.92 Å². The van der Waals surface area contributed by atoms with Gasteiger partial charge in [0.1, 0.15) is 0 Å². The zero-order chi connectivity index (χ0) is 21.4. The molecule has 2 aromatic rings. The molecule has 1 saturated heterocycles. The number of amides is 1. The van der Waals surface area contributed by atoms with Crippen molar-refractivity contribution in [3.8, 4) is 0 Å². The Hall–Kier alpha value is -2.66. The molecule has 2 aromatic carbocycles. The molecule has 1 N–H and O–H groups in total. The first kappa shape index (κ1) is 20.6. The van der Waals surface area contributed by atoms with E-state index in [1.165, 1.54) is 18.2 Å². The number of carbonyl (C=O) groups is 2. The van der Waals surface area contributed by atoms with Crippen molar-refractivity contribution in [1.29, 1.82) is 0 Å². The quantitative estimate of drug-likeness (QED) is 0.738. The fourth-order valence-electron chi connectivity index (χ4n) is 4.45. The summed E-state index contributed by atoms with van der Waals surface area (Å²) in [6.07, 6.45) is 3.73. The summed E-state index contributed by atoms with van der Waals surface area (Å²) in [7, 11) is 1.38. The number of nitrogens with zero attached hydrogens (tertiary/aromatic N) is 1. The molecule has 0 aromatic heterocycles. The number of likely N-dealkylation sites (tertiary alicyclic amines) is 1. The standard InChI is InChI=1S/C25H30N2O3/c1-18-5-7-19(8-6-18)17-27-16-4-13-24(27,2)23(29)26-25(14-15-25)21-11-9-20(10-12-21)22(28)30-3/h5-12H,4,13-17H2,1-3H3,(H,26,29)/t24-/m1/s1. The maximum absolute atomic E-state index is 13.4. The average Bonchev–Trinajstić information content (AvgIpc) is 3.45. The number of hydrogen-bond donors (Lipinski definition) is 1. The van der Waals surface area contributed by atoms with E-state index in [0.29, 0.717) is 5.56 Å². The van der Waals surface area contributed by atoms with E-state index in [1.54, 1.807) is 12.1 Å². The van der Waals surface area contributed by atoms with Gasteiger partial charge in [0, 0.05) is 6.54 Å². The van der Waals surface area contributed by atoms with Gasteiger partial charge in [-0.2, -0.15) is 0 Å². The Balaban J connectivity index is 1.47. The minimum absolute atomic E-state index is 0.0988. The summed E-state index contributed by atoms with van der Waals surface area (Å²) < 4.78 is 4.78. The molecule has 0 radical (unpaired) electrons. The monoisotopic (exact) mass is 406 g/mol. The molecule has 2 aliphatic rings.